The largest absolute Gasteiger partial charge is 0.497 e. The molecule has 1 aromatic carbocycles. The van der Waals surface area contributed by atoms with Crippen LogP contribution in [-0.4, -0.2) is 42.0 Å². The van der Waals surface area contributed by atoms with Crippen molar-refractivity contribution in [2.45, 2.75) is 19.8 Å². The maximum absolute atomic E-state index is 12.2. The number of carbonyl (C=O) groups excluding carboxylic acids is 2. The summed E-state index contributed by atoms with van der Waals surface area (Å²) in [5.41, 5.74) is 0.681. The molecule has 3 N–H and O–H groups in total. The van der Waals surface area contributed by atoms with E-state index in [1.165, 1.54) is 13.0 Å². The van der Waals surface area contributed by atoms with Crippen LogP contribution >= 0.6 is 0 Å². The second-order valence-corrected chi connectivity index (χ2v) is 5.66. The van der Waals surface area contributed by atoms with E-state index in [9.17, 15) is 14.4 Å². The number of hydrogen-bond donors (Lipinski definition) is 3. The van der Waals surface area contributed by atoms with Gasteiger partial charge in [-0.05, 0) is 43.2 Å². The van der Waals surface area contributed by atoms with Crippen molar-refractivity contribution >= 4 is 11.8 Å². The number of aromatic amines is 1. The number of nitrogens with zero attached hydrogens (tertiary/aromatic N) is 1. The molecule has 0 fully saturated rings. The molecule has 1 aromatic heterocycles. The minimum atomic E-state index is -0.589. The second-order valence-electron chi connectivity index (χ2n) is 5.66. The van der Waals surface area contributed by atoms with Crippen molar-refractivity contribution in [3.8, 4) is 17.0 Å². The third kappa shape index (κ3) is 5.73. The van der Waals surface area contributed by atoms with Gasteiger partial charge in [0.05, 0.1) is 12.8 Å². The van der Waals surface area contributed by atoms with E-state index < -0.39 is 5.69 Å². The number of carbonyl (C=O) groups is 2. The molecule has 0 unspecified atom stereocenters. The molecule has 0 atom stereocenters. The summed E-state index contributed by atoms with van der Waals surface area (Å²) >= 11 is 0. The summed E-state index contributed by atoms with van der Waals surface area (Å²) in [6.07, 6.45) is 1.47. The van der Waals surface area contributed by atoms with Gasteiger partial charge in [-0.3, -0.25) is 9.59 Å². The molecule has 0 aliphatic carbocycles. The lowest BCUT2D eigenvalue weighted by atomic mass is 10.1. The summed E-state index contributed by atoms with van der Waals surface area (Å²) in [4.78, 5) is 41.1. The van der Waals surface area contributed by atoms with Crippen molar-refractivity contribution in [3.05, 3.63) is 46.5 Å². The number of hydrogen-bond acceptors (Lipinski definition) is 5. The van der Waals surface area contributed by atoms with E-state index in [2.05, 4.69) is 20.6 Å². The molecule has 1 heterocycles. The number of methoxy groups -OCH3 is 1. The van der Waals surface area contributed by atoms with E-state index in [-0.39, 0.29) is 17.5 Å². The quantitative estimate of drug-likeness (QED) is 0.612. The fourth-order valence-electron chi connectivity index (χ4n) is 2.30. The van der Waals surface area contributed by atoms with Crippen molar-refractivity contribution < 1.29 is 14.3 Å². The molecule has 0 saturated heterocycles. The zero-order valence-electron chi connectivity index (χ0n) is 14.8. The standard InChI is InChI=1S/C18H22N4O4/c1-12(23)19-9-3-4-10-20-17(24)16-11-15(21-18(25)22-16)13-5-7-14(26-2)8-6-13/h5-8,11H,3-4,9-10H2,1-2H3,(H,19,23)(H,20,24)(H,21,22,25). The minimum Gasteiger partial charge on any atom is -0.497 e. The molecule has 0 aliphatic heterocycles. The zero-order chi connectivity index (χ0) is 18.9. The van der Waals surface area contributed by atoms with Crippen molar-refractivity contribution in [3.63, 3.8) is 0 Å². The van der Waals surface area contributed by atoms with E-state index in [4.69, 9.17) is 4.74 Å². The SMILES string of the molecule is COc1ccc(-c2cc(C(=O)NCCCCNC(C)=O)[nH]c(=O)n2)cc1. The van der Waals surface area contributed by atoms with Crippen LogP contribution in [0.4, 0.5) is 0 Å². The summed E-state index contributed by atoms with van der Waals surface area (Å²) in [6.45, 7) is 2.47. The highest BCUT2D eigenvalue weighted by molar-refractivity contribution is 5.93. The average Bonchev–Trinajstić information content (AvgIpc) is 2.63. The van der Waals surface area contributed by atoms with Crippen molar-refractivity contribution in [2.75, 3.05) is 20.2 Å². The number of H-pyrrole nitrogens is 1. The Morgan fingerprint density at radius 3 is 2.38 bits per heavy atom. The number of amides is 2. The van der Waals surface area contributed by atoms with Crippen LogP contribution in [0.3, 0.4) is 0 Å². The van der Waals surface area contributed by atoms with Gasteiger partial charge in [-0.25, -0.2) is 4.79 Å². The maximum atomic E-state index is 12.2. The van der Waals surface area contributed by atoms with Gasteiger partial charge < -0.3 is 20.4 Å². The van der Waals surface area contributed by atoms with E-state index in [1.54, 1.807) is 31.4 Å². The highest BCUT2D eigenvalue weighted by Gasteiger charge is 2.10. The maximum Gasteiger partial charge on any atom is 0.346 e. The van der Waals surface area contributed by atoms with Crippen LogP contribution in [0.1, 0.15) is 30.3 Å². The third-order valence-corrected chi connectivity index (χ3v) is 3.64. The Kier molecular flexibility index (Phi) is 6.90. The van der Waals surface area contributed by atoms with Gasteiger partial charge in [-0.15, -0.1) is 0 Å². The van der Waals surface area contributed by atoms with Gasteiger partial charge in [-0.1, -0.05) is 0 Å². The van der Waals surface area contributed by atoms with Gasteiger partial charge in [0.25, 0.3) is 5.91 Å². The molecule has 0 radical (unpaired) electrons. The van der Waals surface area contributed by atoms with Gasteiger partial charge in [0, 0.05) is 25.6 Å². The van der Waals surface area contributed by atoms with Crippen molar-refractivity contribution in [1.29, 1.82) is 0 Å². The molecule has 26 heavy (non-hydrogen) atoms. The monoisotopic (exact) mass is 358 g/mol. The lowest BCUT2D eigenvalue weighted by Gasteiger charge is -2.07. The minimum absolute atomic E-state index is 0.0746. The molecular formula is C18H22N4O4. The predicted octanol–water partition coefficient (Wildman–Crippen LogP) is 1.09. The lowest BCUT2D eigenvalue weighted by molar-refractivity contribution is -0.118. The summed E-state index contributed by atoms with van der Waals surface area (Å²) in [7, 11) is 1.57. The van der Waals surface area contributed by atoms with Gasteiger partial charge in [0.1, 0.15) is 11.4 Å². The van der Waals surface area contributed by atoms with Gasteiger partial charge in [0.2, 0.25) is 5.91 Å². The molecule has 2 amide bonds. The Morgan fingerprint density at radius 1 is 1.12 bits per heavy atom. The van der Waals surface area contributed by atoms with Crippen LogP contribution < -0.4 is 21.1 Å². The van der Waals surface area contributed by atoms with Crippen molar-refractivity contribution in [2.24, 2.45) is 0 Å². The normalized spacial score (nSPS) is 10.2. The van der Waals surface area contributed by atoms with Crippen LogP contribution in [0.15, 0.2) is 35.1 Å². The average molecular weight is 358 g/mol. The Labute approximate surface area is 151 Å². The van der Waals surface area contributed by atoms with E-state index in [0.717, 1.165) is 6.42 Å². The smallest absolute Gasteiger partial charge is 0.346 e. The van der Waals surface area contributed by atoms with Crippen LogP contribution in [-0.2, 0) is 4.79 Å². The Bertz CT molecular complexity index is 815. The fourth-order valence-corrected chi connectivity index (χ4v) is 2.30. The topological polar surface area (TPSA) is 113 Å². The van der Waals surface area contributed by atoms with Gasteiger partial charge in [0.15, 0.2) is 0 Å². The molecular weight excluding hydrogens is 336 g/mol. The molecule has 0 bridgehead atoms. The van der Waals surface area contributed by atoms with E-state index >= 15 is 0 Å². The number of unbranched alkanes of at least 4 members (excludes halogenated alkanes) is 1. The molecule has 8 heteroatoms. The number of ether oxygens (including phenoxy) is 1. The summed E-state index contributed by atoms with van der Waals surface area (Å²) in [6, 6.07) is 8.59. The number of nitrogens with one attached hydrogen (secondary N) is 3. The van der Waals surface area contributed by atoms with Crippen molar-refractivity contribution in [1.82, 2.24) is 20.6 Å². The van der Waals surface area contributed by atoms with Crippen LogP contribution in [0.2, 0.25) is 0 Å². The Hall–Kier alpha value is -3.16. The first kappa shape index (κ1) is 19.2. The number of benzene rings is 1. The van der Waals surface area contributed by atoms with E-state index in [0.29, 0.717) is 36.5 Å². The Balaban J connectivity index is 1.98. The lowest BCUT2D eigenvalue weighted by Crippen LogP contribution is -2.29. The zero-order valence-corrected chi connectivity index (χ0v) is 14.8. The molecule has 0 spiro atoms. The first-order valence-electron chi connectivity index (χ1n) is 8.28. The third-order valence-electron chi connectivity index (χ3n) is 3.64. The highest BCUT2D eigenvalue weighted by Crippen LogP contribution is 2.20. The Morgan fingerprint density at radius 2 is 1.77 bits per heavy atom. The number of aromatic nitrogens is 2. The molecule has 2 rings (SSSR count). The summed E-state index contributed by atoms with van der Waals surface area (Å²) < 4.78 is 5.10. The molecule has 138 valence electrons. The molecule has 0 aliphatic rings. The predicted molar refractivity (Wildman–Crippen MR) is 97.1 cm³/mol. The van der Waals surface area contributed by atoms with Crippen LogP contribution in [0, 0.1) is 0 Å². The number of rotatable bonds is 8. The highest BCUT2D eigenvalue weighted by atomic mass is 16.5. The first-order chi connectivity index (χ1) is 12.5. The second kappa shape index (κ2) is 9.36. The molecule has 8 nitrogen and oxygen atoms in total. The molecule has 2 aromatic rings. The first-order valence-corrected chi connectivity index (χ1v) is 8.28. The van der Waals surface area contributed by atoms with E-state index in [1.807, 2.05) is 0 Å². The van der Waals surface area contributed by atoms with Gasteiger partial charge >= 0.3 is 5.69 Å². The fraction of sp³-hybridized carbons (Fsp3) is 0.333. The van der Waals surface area contributed by atoms with Crippen LogP contribution in [0.25, 0.3) is 11.3 Å². The van der Waals surface area contributed by atoms with Crippen LogP contribution in [0.5, 0.6) is 5.75 Å². The summed E-state index contributed by atoms with van der Waals surface area (Å²) in [5, 5.41) is 5.43. The van der Waals surface area contributed by atoms with Gasteiger partial charge in [-0.2, -0.15) is 4.98 Å². The molecule has 0 saturated carbocycles. The summed E-state index contributed by atoms with van der Waals surface area (Å²) in [5.74, 6) is 0.240.